The van der Waals surface area contributed by atoms with E-state index in [0.717, 1.165) is 10.0 Å². The van der Waals surface area contributed by atoms with Crippen LogP contribution in [0, 0.1) is 6.92 Å². The van der Waals surface area contributed by atoms with Gasteiger partial charge in [-0.15, -0.1) is 0 Å². The van der Waals surface area contributed by atoms with Gasteiger partial charge in [0.05, 0.1) is 16.3 Å². The first-order valence-electron chi connectivity index (χ1n) is 5.60. The number of carbonyl (C=O) groups excluding carboxylic acids is 1. The molecule has 0 aliphatic carbocycles. The number of anilines is 2. The van der Waals surface area contributed by atoms with Crippen LogP contribution in [0.15, 0.2) is 40.9 Å². The van der Waals surface area contributed by atoms with Gasteiger partial charge in [-0.1, -0.05) is 23.7 Å². The Morgan fingerprint density at radius 2 is 2.05 bits per heavy atom. The SMILES string of the molecule is Cc1cccc(C(=O)Nc2ccc(N)cc2Br)c1Cl. The molecule has 3 nitrogen and oxygen atoms in total. The van der Waals surface area contributed by atoms with E-state index in [1.807, 2.05) is 13.0 Å². The highest BCUT2D eigenvalue weighted by atomic mass is 79.9. The van der Waals surface area contributed by atoms with Gasteiger partial charge in [0, 0.05) is 10.2 Å². The molecule has 2 aromatic carbocycles. The summed E-state index contributed by atoms with van der Waals surface area (Å²) >= 11 is 9.48. The van der Waals surface area contributed by atoms with Crippen molar-refractivity contribution in [2.75, 3.05) is 11.1 Å². The number of benzene rings is 2. The van der Waals surface area contributed by atoms with Crippen LogP contribution in [0.4, 0.5) is 11.4 Å². The summed E-state index contributed by atoms with van der Waals surface area (Å²) in [5.41, 5.74) is 8.24. The second kappa shape index (κ2) is 5.63. The lowest BCUT2D eigenvalue weighted by molar-refractivity contribution is 0.102. The van der Waals surface area contributed by atoms with Gasteiger partial charge in [-0.25, -0.2) is 0 Å². The third-order valence-corrected chi connectivity index (χ3v) is 3.84. The predicted octanol–water partition coefficient (Wildman–Crippen LogP) is 4.25. The molecule has 0 unspecified atom stereocenters. The molecule has 0 saturated carbocycles. The van der Waals surface area contributed by atoms with E-state index >= 15 is 0 Å². The van der Waals surface area contributed by atoms with Crippen molar-refractivity contribution in [2.45, 2.75) is 6.92 Å². The van der Waals surface area contributed by atoms with Gasteiger partial charge in [0.2, 0.25) is 0 Å². The molecule has 19 heavy (non-hydrogen) atoms. The van der Waals surface area contributed by atoms with E-state index in [0.29, 0.717) is 22.0 Å². The lowest BCUT2D eigenvalue weighted by Crippen LogP contribution is -2.13. The molecule has 0 heterocycles. The molecular formula is C14H12BrClN2O. The first kappa shape index (κ1) is 13.9. The molecule has 3 N–H and O–H groups in total. The predicted molar refractivity (Wildman–Crippen MR) is 82.7 cm³/mol. The largest absolute Gasteiger partial charge is 0.399 e. The van der Waals surface area contributed by atoms with Crippen LogP contribution in [-0.4, -0.2) is 5.91 Å². The fourth-order valence-electron chi connectivity index (χ4n) is 1.65. The molecule has 5 heteroatoms. The molecule has 0 aliphatic rings. The number of rotatable bonds is 2. The van der Waals surface area contributed by atoms with E-state index < -0.39 is 0 Å². The van der Waals surface area contributed by atoms with Crippen LogP contribution in [0.2, 0.25) is 5.02 Å². The van der Waals surface area contributed by atoms with Crippen molar-refractivity contribution in [3.05, 3.63) is 57.0 Å². The molecule has 0 bridgehead atoms. The Morgan fingerprint density at radius 1 is 1.32 bits per heavy atom. The Morgan fingerprint density at radius 3 is 2.74 bits per heavy atom. The number of nitrogens with one attached hydrogen (secondary N) is 1. The van der Waals surface area contributed by atoms with Crippen molar-refractivity contribution >= 4 is 44.8 Å². The van der Waals surface area contributed by atoms with Crippen LogP contribution < -0.4 is 11.1 Å². The Hall–Kier alpha value is -1.52. The fourth-order valence-corrected chi connectivity index (χ4v) is 2.35. The standard InChI is InChI=1S/C14H12BrClN2O/c1-8-3-2-4-10(13(8)16)14(19)18-12-6-5-9(17)7-11(12)15/h2-7H,17H2,1H3,(H,18,19). The molecule has 0 spiro atoms. The minimum absolute atomic E-state index is 0.251. The molecule has 0 aliphatic heterocycles. The average Bonchev–Trinajstić information content (AvgIpc) is 2.36. The van der Waals surface area contributed by atoms with Crippen LogP contribution in [0.3, 0.4) is 0 Å². The molecule has 0 aromatic heterocycles. The lowest BCUT2D eigenvalue weighted by Gasteiger charge is -2.10. The van der Waals surface area contributed by atoms with Gasteiger partial charge in [0.25, 0.3) is 5.91 Å². The van der Waals surface area contributed by atoms with Crippen molar-refractivity contribution in [1.29, 1.82) is 0 Å². The van der Waals surface area contributed by atoms with Crippen LogP contribution in [0.1, 0.15) is 15.9 Å². The summed E-state index contributed by atoms with van der Waals surface area (Å²) in [6.45, 7) is 1.86. The number of carbonyl (C=O) groups is 1. The molecule has 98 valence electrons. The summed E-state index contributed by atoms with van der Waals surface area (Å²) in [5.74, 6) is -0.251. The molecule has 1 amide bonds. The Labute approximate surface area is 124 Å². The number of amides is 1. The lowest BCUT2D eigenvalue weighted by atomic mass is 10.1. The number of nitrogen functional groups attached to an aromatic ring is 1. The minimum atomic E-state index is -0.251. The van der Waals surface area contributed by atoms with Crippen LogP contribution in [0.25, 0.3) is 0 Å². The molecule has 0 saturated heterocycles. The van der Waals surface area contributed by atoms with E-state index in [1.165, 1.54) is 0 Å². The number of nitrogens with two attached hydrogens (primary N) is 1. The maximum atomic E-state index is 12.2. The van der Waals surface area contributed by atoms with E-state index in [4.69, 9.17) is 17.3 Å². The van der Waals surface area contributed by atoms with Crippen molar-refractivity contribution < 1.29 is 4.79 Å². The smallest absolute Gasteiger partial charge is 0.257 e. The van der Waals surface area contributed by atoms with E-state index in [1.54, 1.807) is 30.3 Å². The monoisotopic (exact) mass is 338 g/mol. The van der Waals surface area contributed by atoms with Crippen LogP contribution in [0.5, 0.6) is 0 Å². The number of hydrogen-bond acceptors (Lipinski definition) is 2. The van der Waals surface area contributed by atoms with Gasteiger partial charge in [-0.2, -0.15) is 0 Å². The number of aryl methyl sites for hydroxylation is 1. The molecule has 0 fully saturated rings. The fraction of sp³-hybridized carbons (Fsp3) is 0.0714. The van der Waals surface area contributed by atoms with Gasteiger partial charge in [0.1, 0.15) is 0 Å². The summed E-state index contributed by atoms with van der Waals surface area (Å²) in [6.07, 6.45) is 0. The molecule has 2 aromatic rings. The Kier molecular flexibility index (Phi) is 4.12. The van der Waals surface area contributed by atoms with E-state index in [9.17, 15) is 4.79 Å². The second-order valence-corrected chi connectivity index (χ2v) is 5.36. The highest BCUT2D eigenvalue weighted by molar-refractivity contribution is 9.10. The normalized spacial score (nSPS) is 10.3. The Balaban J connectivity index is 2.28. The zero-order valence-electron chi connectivity index (χ0n) is 10.2. The number of hydrogen-bond donors (Lipinski definition) is 2. The highest BCUT2D eigenvalue weighted by Gasteiger charge is 2.13. The highest BCUT2D eigenvalue weighted by Crippen LogP contribution is 2.26. The van der Waals surface area contributed by atoms with Crippen molar-refractivity contribution in [3.63, 3.8) is 0 Å². The first-order valence-corrected chi connectivity index (χ1v) is 6.77. The van der Waals surface area contributed by atoms with Gasteiger partial charge < -0.3 is 11.1 Å². The quantitative estimate of drug-likeness (QED) is 0.804. The molecule has 0 radical (unpaired) electrons. The van der Waals surface area contributed by atoms with Crippen LogP contribution >= 0.6 is 27.5 Å². The van der Waals surface area contributed by atoms with Crippen molar-refractivity contribution in [1.82, 2.24) is 0 Å². The second-order valence-electron chi connectivity index (χ2n) is 4.13. The van der Waals surface area contributed by atoms with Crippen molar-refractivity contribution in [2.24, 2.45) is 0 Å². The minimum Gasteiger partial charge on any atom is -0.399 e. The topological polar surface area (TPSA) is 55.1 Å². The molecule has 0 atom stereocenters. The van der Waals surface area contributed by atoms with Gasteiger partial charge in [0.15, 0.2) is 0 Å². The van der Waals surface area contributed by atoms with E-state index in [2.05, 4.69) is 21.2 Å². The third-order valence-electron chi connectivity index (χ3n) is 2.68. The summed E-state index contributed by atoms with van der Waals surface area (Å²) in [4.78, 5) is 12.2. The summed E-state index contributed by atoms with van der Waals surface area (Å²) in [6, 6.07) is 10.5. The zero-order chi connectivity index (χ0) is 14.0. The summed E-state index contributed by atoms with van der Waals surface area (Å²) < 4.78 is 0.727. The summed E-state index contributed by atoms with van der Waals surface area (Å²) in [7, 11) is 0. The van der Waals surface area contributed by atoms with Crippen molar-refractivity contribution in [3.8, 4) is 0 Å². The third kappa shape index (κ3) is 3.08. The average molecular weight is 340 g/mol. The van der Waals surface area contributed by atoms with Crippen LogP contribution in [-0.2, 0) is 0 Å². The van der Waals surface area contributed by atoms with Gasteiger partial charge >= 0.3 is 0 Å². The Bertz CT molecular complexity index is 643. The molecular weight excluding hydrogens is 328 g/mol. The van der Waals surface area contributed by atoms with E-state index in [-0.39, 0.29) is 5.91 Å². The zero-order valence-corrected chi connectivity index (χ0v) is 12.5. The molecule has 2 rings (SSSR count). The maximum absolute atomic E-state index is 12.2. The number of halogens is 2. The van der Waals surface area contributed by atoms with Gasteiger partial charge in [-0.3, -0.25) is 4.79 Å². The first-order chi connectivity index (χ1) is 8.99. The van der Waals surface area contributed by atoms with Gasteiger partial charge in [-0.05, 0) is 52.7 Å². The summed E-state index contributed by atoms with van der Waals surface area (Å²) in [5, 5.41) is 3.26. The maximum Gasteiger partial charge on any atom is 0.257 e.